The summed E-state index contributed by atoms with van der Waals surface area (Å²) < 4.78 is 1.72. The van der Waals surface area contributed by atoms with E-state index in [1.165, 1.54) is 4.88 Å². The first-order valence-electron chi connectivity index (χ1n) is 4.82. The topological polar surface area (TPSA) is 34.9 Å². The zero-order chi connectivity index (χ0) is 10.7. The van der Waals surface area contributed by atoms with Crippen molar-refractivity contribution in [3.05, 3.63) is 50.8 Å². The molecule has 0 saturated carbocycles. The molecular formula is C11H12N2OS. The Morgan fingerprint density at radius 3 is 3.00 bits per heavy atom. The minimum absolute atomic E-state index is 0.0552. The second kappa shape index (κ2) is 4.40. The molecule has 0 aliphatic rings. The summed E-state index contributed by atoms with van der Waals surface area (Å²) in [5.74, 6) is 0. The molecule has 0 spiro atoms. The molecule has 4 heteroatoms. The van der Waals surface area contributed by atoms with Crippen LogP contribution in [-0.4, -0.2) is 9.55 Å². The van der Waals surface area contributed by atoms with E-state index >= 15 is 0 Å². The van der Waals surface area contributed by atoms with Gasteiger partial charge in [0.05, 0.1) is 11.2 Å². The van der Waals surface area contributed by atoms with Crippen molar-refractivity contribution in [3.8, 4) is 0 Å². The van der Waals surface area contributed by atoms with E-state index in [4.69, 9.17) is 0 Å². The molecule has 0 saturated heterocycles. The van der Waals surface area contributed by atoms with Crippen molar-refractivity contribution in [1.82, 2.24) is 9.55 Å². The smallest absolute Gasteiger partial charge is 0.250 e. The number of aromatic nitrogens is 2. The average Bonchev–Trinajstić information content (AvgIpc) is 2.63. The van der Waals surface area contributed by atoms with Crippen LogP contribution in [0, 0.1) is 6.92 Å². The maximum Gasteiger partial charge on any atom is 0.250 e. The van der Waals surface area contributed by atoms with Gasteiger partial charge >= 0.3 is 0 Å². The van der Waals surface area contributed by atoms with Gasteiger partial charge in [-0.1, -0.05) is 6.07 Å². The van der Waals surface area contributed by atoms with E-state index in [-0.39, 0.29) is 5.56 Å². The molecule has 0 bridgehead atoms. The molecule has 0 fully saturated rings. The molecule has 0 atom stereocenters. The summed E-state index contributed by atoms with van der Waals surface area (Å²) in [5.41, 5.74) is 2.97. The molecule has 0 unspecified atom stereocenters. The Kier molecular flexibility index (Phi) is 2.97. The summed E-state index contributed by atoms with van der Waals surface area (Å²) in [7, 11) is 0. The Morgan fingerprint density at radius 1 is 1.47 bits per heavy atom. The Bertz CT molecular complexity index is 501. The minimum Gasteiger partial charge on any atom is -0.315 e. The molecule has 3 nitrogen and oxygen atoms in total. The van der Waals surface area contributed by atoms with Gasteiger partial charge in [-0.15, -0.1) is 11.3 Å². The van der Waals surface area contributed by atoms with Crippen LogP contribution < -0.4 is 5.56 Å². The van der Waals surface area contributed by atoms with Crippen LogP contribution >= 0.6 is 11.3 Å². The van der Waals surface area contributed by atoms with Gasteiger partial charge < -0.3 is 4.57 Å². The maximum atomic E-state index is 11.4. The Labute approximate surface area is 92.0 Å². The Hall–Kier alpha value is -1.42. The van der Waals surface area contributed by atoms with E-state index in [0.29, 0.717) is 0 Å². The zero-order valence-corrected chi connectivity index (χ0v) is 9.33. The van der Waals surface area contributed by atoms with Crippen LogP contribution in [-0.2, 0) is 13.0 Å². The van der Waals surface area contributed by atoms with Gasteiger partial charge in [0.1, 0.15) is 0 Å². The van der Waals surface area contributed by atoms with Crippen molar-refractivity contribution in [2.24, 2.45) is 0 Å². The lowest BCUT2D eigenvalue weighted by atomic mass is 10.3. The van der Waals surface area contributed by atoms with E-state index in [1.54, 1.807) is 28.0 Å². The van der Waals surface area contributed by atoms with Crippen molar-refractivity contribution in [2.75, 3.05) is 0 Å². The van der Waals surface area contributed by atoms with E-state index in [2.05, 4.69) is 4.98 Å². The second-order valence-corrected chi connectivity index (χ2v) is 4.28. The quantitative estimate of drug-likeness (QED) is 0.791. The third-order valence-electron chi connectivity index (χ3n) is 2.32. The van der Waals surface area contributed by atoms with Crippen LogP contribution in [0.5, 0.6) is 0 Å². The van der Waals surface area contributed by atoms with Crippen LogP contribution in [0.3, 0.4) is 0 Å². The highest BCUT2D eigenvalue weighted by Crippen LogP contribution is 2.12. The summed E-state index contributed by atoms with van der Waals surface area (Å²) in [6, 6.07) is 5.22. The first-order valence-corrected chi connectivity index (χ1v) is 5.70. The third-order valence-corrected chi connectivity index (χ3v) is 3.32. The van der Waals surface area contributed by atoms with Gasteiger partial charge in [-0.25, -0.2) is 4.98 Å². The largest absolute Gasteiger partial charge is 0.315 e. The van der Waals surface area contributed by atoms with Crippen LogP contribution in [0.15, 0.2) is 34.7 Å². The summed E-state index contributed by atoms with van der Waals surface area (Å²) >= 11 is 1.65. The summed E-state index contributed by atoms with van der Waals surface area (Å²) in [5, 5.41) is 0. The van der Waals surface area contributed by atoms with Gasteiger partial charge in [0, 0.05) is 30.1 Å². The van der Waals surface area contributed by atoms with Gasteiger partial charge in [-0.3, -0.25) is 4.79 Å². The van der Waals surface area contributed by atoms with E-state index in [1.807, 2.05) is 24.7 Å². The number of pyridine rings is 1. The maximum absolute atomic E-state index is 11.4. The summed E-state index contributed by atoms with van der Waals surface area (Å²) in [4.78, 5) is 16.9. The lowest BCUT2D eigenvalue weighted by Crippen LogP contribution is -2.18. The van der Waals surface area contributed by atoms with Crippen molar-refractivity contribution in [1.29, 1.82) is 0 Å². The number of thiazole rings is 1. The SMILES string of the molecule is Cc1ncsc1CCn1ccccc1=O. The highest BCUT2D eigenvalue weighted by atomic mass is 32.1. The number of aryl methyl sites for hydroxylation is 3. The molecule has 0 N–H and O–H groups in total. The molecule has 2 rings (SSSR count). The van der Waals surface area contributed by atoms with Crippen molar-refractivity contribution in [2.45, 2.75) is 19.9 Å². The normalized spacial score (nSPS) is 10.5. The fourth-order valence-corrected chi connectivity index (χ4v) is 2.20. The first kappa shape index (κ1) is 10.1. The molecule has 78 valence electrons. The molecule has 0 aliphatic heterocycles. The van der Waals surface area contributed by atoms with Gasteiger partial charge in [0.25, 0.3) is 5.56 Å². The fourth-order valence-electron chi connectivity index (χ4n) is 1.43. The molecule has 0 aromatic carbocycles. The predicted octanol–water partition coefficient (Wildman–Crippen LogP) is 1.86. The average molecular weight is 220 g/mol. The molecule has 0 radical (unpaired) electrons. The van der Waals surface area contributed by atoms with Crippen LogP contribution in [0.25, 0.3) is 0 Å². The lowest BCUT2D eigenvalue weighted by molar-refractivity contribution is 0.672. The van der Waals surface area contributed by atoms with E-state index in [0.717, 1.165) is 18.7 Å². The summed E-state index contributed by atoms with van der Waals surface area (Å²) in [6.07, 6.45) is 2.69. The monoisotopic (exact) mass is 220 g/mol. The zero-order valence-electron chi connectivity index (χ0n) is 8.51. The highest BCUT2D eigenvalue weighted by molar-refractivity contribution is 7.09. The molecule has 0 aliphatic carbocycles. The molecule has 15 heavy (non-hydrogen) atoms. The first-order chi connectivity index (χ1) is 7.27. The number of hydrogen-bond donors (Lipinski definition) is 0. The van der Waals surface area contributed by atoms with E-state index < -0.39 is 0 Å². The van der Waals surface area contributed by atoms with Crippen LogP contribution in [0.4, 0.5) is 0 Å². The summed E-state index contributed by atoms with van der Waals surface area (Å²) in [6.45, 7) is 2.72. The third kappa shape index (κ3) is 2.33. The lowest BCUT2D eigenvalue weighted by Gasteiger charge is -2.03. The fraction of sp³-hybridized carbons (Fsp3) is 0.273. The van der Waals surface area contributed by atoms with Crippen molar-refractivity contribution in [3.63, 3.8) is 0 Å². The van der Waals surface area contributed by atoms with Gasteiger partial charge in [-0.05, 0) is 13.0 Å². The number of rotatable bonds is 3. The molecule has 2 heterocycles. The van der Waals surface area contributed by atoms with Crippen molar-refractivity contribution >= 4 is 11.3 Å². The Balaban J connectivity index is 2.09. The number of hydrogen-bond acceptors (Lipinski definition) is 3. The molecule has 0 amide bonds. The van der Waals surface area contributed by atoms with E-state index in [9.17, 15) is 4.79 Å². The predicted molar refractivity (Wildman–Crippen MR) is 61.3 cm³/mol. The van der Waals surface area contributed by atoms with Crippen molar-refractivity contribution < 1.29 is 0 Å². The number of nitrogens with zero attached hydrogens (tertiary/aromatic N) is 2. The minimum atomic E-state index is 0.0552. The van der Waals surface area contributed by atoms with Gasteiger partial charge in [-0.2, -0.15) is 0 Å². The molecule has 2 aromatic heterocycles. The highest BCUT2D eigenvalue weighted by Gasteiger charge is 2.01. The molecular weight excluding hydrogens is 208 g/mol. The van der Waals surface area contributed by atoms with Crippen LogP contribution in [0.1, 0.15) is 10.6 Å². The van der Waals surface area contributed by atoms with Crippen LogP contribution in [0.2, 0.25) is 0 Å². The second-order valence-electron chi connectivity index (χ2n) is 3.34. The molecule has 2 aromatic rings. The Morgan fingerprint density at radius 2 is 2.33 bits per heavy atom. The standard InChI is InChI=1S/C11H12N2OS/c1-9-10(15-8-12-9)5-7-13-6-3-2-4-11(13)14/h2-4,6,8H,5,7H2,1H3. The van der Waals surface area contributed by atoms with Gasteiger partial charge in [0.15, 0.2) is 0 Å². The van der Waals surface area contributed by atoms with Gasteiger partial charge in [0.2, 0.25) is 0 Å².